The molecule has 0 unspecified atom stereocenters. The number of likely N-dealkylation sites (N-methyl/N-ethyl adjacent to an activating group) is 1. The summed E-state index contributed by atoms with van der Waals surface area (Å²) in [6, 6.07) is 1.97. The zero-order valence-electron chi connectivity index (χ0n) is 18.7. The van der Waals surface area contributed by atoms with E-state index in [1.165, 1.54) is 6.07 Å². The van der Waals surface area contributed by atoms with Crippen molar-refractivity contribution < 1.29 is 22.7 Å². The number of hydrogen-bond donors (Lipinski definition) is 2. The first kappa shape index (κ1) is 23.1. The monoisotopic (exact) mass is 464 g/mol. The number of anilines is 3. The fourth-order valence-corrected chi connectivity index (χ4v) is 4.29. The van der Waals surface area contributed by atoms with Crippen LogP contribution in [0.25, 0.3) is 0 Å². The molecule has 2 N–H and O–H groups in total. The summed E-state index contributed by atoms with van der Waals surface area (Å²) in [5, 5.41) is 6.21. The van der Waals surface area contributed by atoms with Crippen molar-refractivity contribution in [2.45, 2.75) is 45.3 Å². The summed E-state index contributed by atoms with van der Waals surface area (Å²) < 4.78 is 43.3. The number of hydrogen-bond acceptors (Lipinski definition) is 7. The first-order valence-corrected chi connectivity index (χ1v) is 11.0. The van der Waals surface area contributed by atoms with Crippen LogP contribution in [0.4, 0.5) is 30.6 Å². The van der Waals surface area contributed by atoms with Crippen LogP contribution in [-0.2, 0) is 11.0 Å². The topological polar surface area (TPSA) is 92.3 Å². The predicted molar refractivity (Wildman–Crippen MR) is 117 cm³/mol. The molecule has 0 aromatic carbocycles. The van der Waals surface area contributed by atoms with Gasteiger partial charge in [-0.2, -0.15) is 18.2 Å². The van der Waals surface area contributed by atoms with Crippen molar-refractivity contribution in [1.29, 1.82) is 0 Å². The quantitative estimate of drug-likeness (QED) is 0.642. The number of carbonyl (C=O) groups is 1. The van der Waals surface area contributed by atoms with E-state index in [-0.39, 0.29) is 11.9 Å². The standard InChI is InChI=1S/C22H27F3N6O2/c1-4-16-20(32)29-18-12(2)28-21(30-19(18)31(16)3)27-9-13-7-14(8-13)11-33-15-5-6-17(26-10-15)22(23,24)25/h5-6,10,13-14,16H,4,7-9,11H2,1-3H3,(H,29,32)(H,27,28,30)/t13-,14+,16-/m0/s1. The van der Waals surface area contributed by atoms with Gasteiger partial charge in [0.2, 0.25) is 11.9 Å². The SMILES string of the molecule is CC[C@H]1C(=O)Nc2c(C)nc(NC[C@H]3C[C@@H](COc4ccc(C(F)(F)F)nc4)C3)nc2N1C. The number of rotatable bonds is 7. The zero-order chi connectivity index (χ0) is 23.8. The van der Waals surface area contributed by atoms with Crippen LogP contribution in [0, 0.1) is 18.8 Å². The number of aryl methyl sites for hydroxylation is 1. The van der Waals surface area contributed by atoms with Crippen molar-refractivity contribution in [3.05, 3.63) is 29.7 Å². The molecule has 8 nitrogen and oxygen atoms in total. The van der Waals surface area contributed by atoms with E-state index < -0.39 is 11.9 Å². The number of amides is 1. The van der Waals surface area contributed by atoms with Crippen molar-refractivity contribution in [3.8, 4) is 5.75 Å². The molecule has 1 fully saturated rings. The second-order valence-electron chi connectivity index (χ2n) is 8.63. The number of nitrogens with zero attached hydrogens (tertiary/aromatic N) is 4. The summed E-state index contributed by atoms with van der Waals surface area (Å²) in [5.74, 6) is 2.31. The number of pyridine rings is 1. The zero-order valence-corrected chi connectivity index (χ0v) is 18.7. The highest BCUT2D eigenvalue weighted by molar-refractivity contribution is 6.03. The molecule has 2 aliphatic rings. The molecule has 11 heteroatoms. The normalized spacial score (nSPS) is 22.3. The van der Waals surface area contributed by atoms with Crippen LogP contribution < -0.4 is 20.3 Å². The Hall–Kier alpha value is -3.11. The maximum Gasteiger partial charge on any atom is 0.433 e. The molecule has 1 aliphatic heterocycles. The highest BCUT2D eigenvalue weighted by Gasteiger charge is 2.34. The van der Waals surface area contributed by atoms with E-state index in [4.69, 9.17) is 4.74 Å². The van der Waals surface area contributed by atoms with E-state index in [0.29, 0.717) is 60.3 Å². The van der Waals surface area contributed by atoms with Gasteiger partial charge in [-0.3, -0.25) is 4.79 Å². The molecule has 33 heavy (non-hydrogen) atoms. The second kappa shape index (κ2) is 9.03. The summed E-state index contributed by atoms with van der Waals surface area (Å²) in [5.41, 5.74) is 0.432. The Balaban J connectivity index is 1.25. The molecule has 0 saturated heterocycles. The van der Waals surface area contributed by atoms with Crippen LogP contribution in [0.15, 0.2) is 18.3 Å². The maximum absolute atomic E-state index is 12.6. The minimum absolute atomic E-state index is 0.0466. The first-order chi connectivity index (χ1) is 15.7. The third-order valence-electron chi connectivity index (χ3n) is 6.20. The Kier molecular flexibility index (Phi) is 6.31. The molecule has 0 radical (unpaired) electrons. The van der Waals surface area contributed by atoms with Gasteiger partial charge in [-0.1, -0.05) is 6.92 Å². The molecule has 1 amide bonds. The number of aromatic nitrogens is 3. The Morgan fingerprint density at radius 2 is 2.00 bits per heavy atom. The largest absolute Gasteiger partial charge is 0.492 e. The molecule has 2 aromatic rings. The van der Waals surface area contributed by atoms with Crippen LogP contribution in [0.1, 0.15) is 37.6 Å². The number of nitrogens with one attached hydrogen (secondary N) is 2. The number of fused-ring (bicyclic) bond motifs is 1. The molecule has 1 saturated carbocycles. The molecule has 178 valence electrons. The minimum Gasteiger partial charge on any atom is -0.492 e. The van der Waals surface area contributed by atoms with E-state index in [1.807, 2.05) is 25.8 Å². The highest BCUT2D eigenvalue weighted by atomic mass is 19.4. The van der Waals surface area contributed by atoms with Crippen molar-refractivity contribution in [2.24, 2.45) is 11.8 Å². The average molecular weight is 464 g/mol. The molecule has 0 spiro atoms. The lowest BCUT2D eigenvalue weighted by atomic mass is 9.75. The van der Waals surface area contributed by atoms with Crippen molar-refractivity contribution in [2.75, 3.05) is 35.7 Å². The molecule has 1 atom stereocenters. The van der Waals surface area contributed by atoms with Crippen molar-refractivity contribution >= 4 is 23.4 Å². The van der Waals surface area contributed by atoms with Crippen LogP contribution in [0.2, 0.25) is 0 Å². The highest BCUT2D eigenvalue weighted by Crippen LogP contribution is 2.36. The van der Waals surface area contributed by atoms with E-state index in [0.717, 1.165) is 25.1 Å². The molecule has 0 bridgehead atoms. The lowest BCUT2D eigenvalue weighted by molar-refractivity contribution is -0.141. The van der Waals surface area contributed by atoms with Gasteiger partial charge in [-0.05, 0) is 50.2 Å². The summed E-state index contributed by atoms with van der Waals surface area (Å²) in [6.07, 6.45) is -0.772. The smallest absolute Gasteiger partial charge is 0.433 e. The second-order valence-corrected chi connectivity index (χ2v) is 8.63. The van der Waals surface area contributed by atoms with Gasteiger partial charge in [0.25, 0.3) is 0 Å². The van der Waals surface area contributed by atoms with Crippen LogP contribution in [0.3, 0.4) is 0 Å². The average Bonchev–Trinajstić information content (AvgIpc) is 2.73. The Bertz CT molecular complexity index is 1010. The maximum atomic E-state index is 12.6. The van der Waals surface area contributed by atoms with Crippen molar-refractivity contribution in [1.82, 2.24) is 15.0 Å². The Morgan fingerprint density at radius 3 is 2.64 bits per heavy atom. The van der Waals surface area contributed by atoms with Gasteiger partial charge < -0.3 is 20.3 Å². The van der Waals surface area contributed by atoms with Crippen molar-refractivity contribution in [3.63, 3.8) is 0 Å². The third kappa shape index (κ3) is 4.96. The van der Waals surface area contributed by atoms with Gasteiger partial charge in [0.1, 0.15) is 23.2 Å². The summed E-state index contributed by atoms with van der Waals surface area (Å²) >= 11 is 0. The lowest BCUT2D eigenvalue weighted by Gasteiger charge is -2.36. The van der Waals surface area contributed by atoms with E-state index in [2.05, 4.69) is 25.6 Å². The molecule has 2 aromatic heterocycles. The Morgan fingerprint density at radius 1 is 1.24 bits per heavy atom. The van der Waals surface area contributed by atoms with Crippen LogP contribution in [0.5, 0.6) is 5.75 Å². The first-order valence-electron chi connectivity index (χ1n) is 11.0. The minimum atomic E-state index is -4.45. The van der Waals surface area contributed by atoms with E-state index in [1.54, 1.807) is 0 Å². The Labute approximate surface area is 190 Å². The van der Waals surface area contributed by atoms with Gasteiger partial charge in [-0.25, -0.2) is 9.97 Å². The van der Waals surface area contributed by atoms with Crippen LogP contribution >= 0.6 is 0 Å². The van der Waals surface area contributed by atoms with E-state index in [9.17, 15) is 18.0 Å². The van der Waals surface area contributed by atoms with Gasteiger partial charge in [0.15, 0.2) is 5.82 Å². The summed E-state index contributed by atoms with van der Waals surface area (Å²) in [7, 11) is 1.87. The van der Waals surface area contributed by atoms with Gasteiger partial charge >= 0.3 is 6.18 Å². The van der Waals surface area contributed by atoms with E-state index >= 15 is 0 Å². The number of alkyl halides is 3. The van der Waals surface area contributed by atoms with Gasteiger partial charge in [0, 0.05) is 13.6 Å². The van der Waals surface area contributed by atoms with Gasteiger partial charge in [-0.15, -0.1) is 0 Å². The van der Waals surface area contributed by atoms with Gasteiger partial charge in [0.05, 0.1) is 18.5 Å². The number of carbonyl (C=O) groups excluding carboxylic acids is 1. The fourth-order valence-electron chi connectivity index (χ4n) is 4.29. The van der Waals surface area contributed by atoms with Crippen LogP contribution in [-0.4, -0.2) is 47.1 Å². The summed E-state index contributed by atoms with van der Waals surface area (Å²) in [4.78, 5) is 26.6. The fraction of sp³-hybridized carbons (Fsp3) is 0.545. The summed E-state index contributed by atoms with van der Waals surface area (Å²) in [6.45, 7) is 4.97. The third-order valence-corrected chi connectivity index (χ3v) is 6.20. The molecular formula is C22H27F3N6O2. The molecule has 4 rings (SSSR count). The number of halogens is 3. The molecule has 3 heterocycles. The predicted octanol–water partition coefficient (Wildman–Crippen LogP) is 3.88. The number of ether oxygens (including phenoxy) is 1. The molecular weight excluding hydrogens is 437 g/mol. The lowest BCUT2D eigenvalue weighted by Crippen LogP contribution is -2.46. The molecule has 1 aliphatic carbocycles.